The van der Waals surface area contributed by atoms with Gasteiger partial charge >= 0.3 is 0 Å². The number of amides is 1. The number of carbonyl (C=O) groups excluding carboxylic acids is 1. The molecule has 0 aromatic heterocycles. The fraction of sp³-hybridized carbons (Fsp3) is 0.750. The molecule has 1 spiro atoms. The largest absolute Gasteiger partial charge is 0.335 e. The molecule has 0 aromatic rings. The van der Waals surface area contributed by atoms with E-state index < -0.39 is 11.7 Å². The van der Waals surface area contributed by atoms with Crippen LogP contribution in [0.2, 0.25) is 0 Å². The van der Waals surface area contributed by atoms with Crippen molar-refractivity contribution < 1.29 is 9.18 Å². The molecule has 1 aliphatic carbocycles. The monoisotopic (exact) mass is 211 g/mol. The highest BCUT2D eigenvalue weighted by atomic mass is 19.1. The van der Waals surface area contributed by atoms with Crippen LogP contribution in [-0.4, -0.2) is 23.9 Å². The van der Waals surface area contributed by atoms with Crippen LogP contribution in [0.15, 0.2) is 12.4 Å². The van der Waals surface area contributed by atoms with Crippen LogP contribution in [0.1, 0.15) is 26.7 Å². The van der Waals surface area contributed by atoms with Crippen molar-refractivity contribution in [1.82, 2.24) is 4.90 Å². The molecule has 1 amide bonds. The van der Waals surface area contributed by atoms with E-state index in [2.05, 4.69) is 20.4 Å². The minimum atomic E-state index is -0.829. The fourth-order valence-electron chi connectivity index (χ4n) is 2.86. The number of hydrogen-bond acceptors (Lipinski definition) is 1. The first-order chi connectivity index (χ1) is 6.93. The number of hydrogen-bond donors (Lipinski definition) is 0. The van der Waals surface area contributed by atoms with Gasteiger partial charge in [-0.15, -0.1) is 0 Å². The lowest BCUT2D eigenvalue weighted by atomic mass is 9.55. The Morgan fingerprint density at radius 2 is 2.00 bits per heavy atom. The van der Waals surface area contributed by atoms with Crippen LogP contribution in [-0.2, 0) is 4.79 Å². The lowest BCUT2D eigenvalue weighted by Crippen LogP contribution is -2.64. The second-order valence-corrected chi connectivity index (χ2v) is 5.48. The van der Waals surface area contributed by atoms with Gasteiger partial charge in [-0.25, -0.2) is 4.39 Å². The molecular weight excluding hydrogens is 193 g/mol. The molecule has 15 heavy (non-hydrogen) atoms. The second-order valence-electron chi connectivity index (χ2n) is 5.48. The molecule has 2 nitrogen and oxygen atoms in total. The van der Waals surface area contributed by atoms with Crippen LogP contribution in [0, 0.1) is 17.3 Å². The number of halogens is 1. The molecule has 0 radical (unpaired) electrons. The van der Waals surface area contributed by atoms with E-state index in [9.17, 15) is 9.18 Å². The molecular formula is C12H18FNO. The quantitative estimate of drug-likeness (QED) is 0.642. The predicted octanol–water partition coefficient (Wildman–Crippen LogP) is 2.36. The highest BCUT2D eigenvalue weighted by Gasteiger charge is 2.54. The van der Waals surface area contributed by atoms with E-state index in [1.165, 1.54) is 12.8 Å². The fourth-order valence-corrected chi connectivity index (χ4v) is 2.86. The van der Waals surface area contributed by atoms with Gasteiger partial charge in [-0.2, -0.15) is 0 Å². The summed E-state index contributed by atoms with van der Waals surface area (Å²) in [5.74, 6) is 0.186. The highest BCUT2D eigenvalue weighted by Crippen LogP contribution is 2.54. The Hall–Kier alpha value is -0.860. The molecule has 1 aliphatic heterocycles. The average molecular weight is 211 g/mol. The highest BCUT2D eigenvalue weighted by molar-refractivity contribution is 5.91. The van der Waals surface area contributed by atoms with Gasteiger partial charge in [0.1, 0.15) is 0 Å². The summed E-state index contributed by atoms with van der Waals surface area (Å²) < 4.78 is 12.6. The minimum absolute atomic E-state index is 0.333. The Balaban J connectivity index is 1.80. The van der Waals surface area contributed by atoms with Crippen LogP contribution in [0.25, 0.3) is 0 Å². The van der Waals surface area contributed by atoms with Gasteiger partial charge in [-0.1, -0.05) is 20.4 Å². The summed E-state index contributed by atoms with van der Waals surface area (Å²) in [4.78, 5) is 12.8. The van der Waals surface area contributed by atoms with Crippen molar-refractivity contribution >= 4 is 5.91 Å². The first-order valence-electron chi connectivity index (χ1n) is 5.57. The number of rotatable bonds is 2. The van der Waals surface area contributed by atoms with Crippen molar-refractivity contribution in [2.75, 3.05) is 13.1 Å². The zero-order valence-electron chi connectivity index (χ0n) is 9.42. The first kappa shape index (κ1) is 10.7. The lowest BCUT2D eigenvalue weighted by molar-refractivity contribution is -0.154. The molecule has 0 atom stereocenters. The molecule has 84 valence electrons. The van der Waals surface area contributed by atoms with Crippen molar-refractivity contribution in [2.45, 2.75) is 26.7 Å². The molecule has 2 rings (SSSR count). The van der Waals surface area contributed by atoms with E-state index in [4.69, 9.17) is 0 Å². The Kier molecular flexibility index (Phi) is 2.36. The third-order valence-electron chi connectivity index (χ3n) is 3.91. The second kappa shape index (κ2) is 3.32. The van der Waals surface area contributed by atoms with E-state index in [-0.39, 0.29) is 0 Å². The summed E-state index contributed by atoms with van der Waals surface area (Å²) in [6.07, 6.45) is 2.40. The zero-order valence-corrected chi connectivity index (χ0v) is 9.42. The van der Waals surface area contributed by atoms with Gasteiger partial charge in [0.25, 0.3) is 5.91 Å². The standard InChI is InChI=1S/C12H18FNO/c1-8(2)10-4-12(5-10)6-14(7-12)11(15)9(3)13/h8,10H,3-7H2,1-2H3. The number of likely N-dealkylation sites (tertiary alicyclic amines) is 1. The summed E-state index contributed by atoms with van der Waals surface area (Å²) in [5.41, 5.74) is 0.333. The Bertz CT molecular complexity index is 297. The maximum Gasteiger partial charge on any atom is 0.282 e. The minimum Gasteiger partial charge on any atom is -0.335 e. The van der Waals surface area contributed by atoms with Gasteiger partial charge in [0.2, 0.25) is 0 Å². The third kappa shape index (κ3) is 1.68. The van der Waals surface area contributed by atoms with Gasteiger partial charge in [0.05, 0.1) is 0 Å². The Labute approximate surface area is 90.1 Å². The first-order valence-corrected chi connectivity index (χ1v) is 5.57. The van der Waals surface area contributed by atoms with Crippen molar-refractivity contribution in [3.05, 3.63) is 12.4 Å². The molecule has 3 heteroatoms. The van der Waals surface area contributed by atoms with Crippen LogP contribution in [0.3, 0.4) is 0 Å². The molecule has 1 saturated carbocycles. The summed E-state index contributed by atoms with van der Waals surface area (Å²) in [5, 5.41) is 0. The van der Waals surface area contributed by atoms with Crippen molar-refractivity contribution in [3.63, 3.8) is 0 Å². The molecule has 0 bridgehead atoms. The van der Waals surface area contributed by atoms with Crippen molar-refractivity contribution in [3.8, 4) is 0 Å². The topological polar surface area (TPSA) is 20.3 Å². The van der Waals surface area contributed by atoms with Gasteiger partial charge < -0.3 is 4.90 Å². The van der Waals surface area contributed by atoms with E-state index in [0.717, 1.165) is 24.9 Å². The lowest BCUT2D eigenvalue weighted by Gasteiger charge is -2.60. The molecule has 2 aliphatic rings. The zero-order chi connectivity index (χ0) is 11.2. The van der Waals surface area contributed by atoms with Gasteiger partial charge in [-0.05, 0) is 24.7 Å². The van der Waals surface area contributed by atoms with Crippen LogP contribution in [0.5, 0.6) is 0 Å². The van der Waals surface area contributed by atoms with E-state index in [0.29, 0.717) is 5.41 Å². The maximum atomic E-state index is 12.6. The average Bonchev–Trinajstić information content (AvgIpc) is 1.97. The van der Waals surface area contributed by atoms with Crippen LogP contribution < -0.4 is 0 Å². The molecule has 2 fully saturated rings. The number of nitrogens with zero attached hydrogens (tertiary/aromatic N) is 1. The van der Waals surface area contributed by atoms with E-state index >= 15 is 0 Å². The van der Waals surface area contributed by atoms with Crippen LogP contribution in [0.4, 0.5) is 4.39 Å². The third-order valence-corrected chi connectivity index (χ3v) is 3.91. The van der Waals surface area contributed by atoms with E-state index in [1.807, 2.05) is 0 Å². The van der Waals surface area contributed by atoms with Crippen molar-refractivity contribution in [2.24, 2.45) is 17.3 Å². The van der Waals surface area contributed by atoms with Crippen LogP contribution >= 0.6 is 0 Å². The molecule has 0 unspecified atom stereocenters. The molecule has 1 saturated heterocycles. The van der Waals surface area contributed by atoms with Gasteiger partial charge in [-0.3, -0.25) is 4.79 Å². The number of carbonyl (C=O) groups is 1. The molecule has 1 heterocycles. The van der Waals surface area contributed by atoms with Gasteiger partial charge in [0, 0.05) is 18.5 Å². The summed E-state index contributed by atoms with van der Waals surface area (Å²) in [6.45, 7) is 8.98. The Morgan fingerprint density at radius 3 is 2.40 bits per heavy atom. The predicted molar refractivity (Wildman–Crippen MR) is 56.8 cm³/mol. The maximum absolute atomic E-state index is 12.6. The summed E-state index contributed by atoms with van der Waals surface area (Å²) in [7, 11) is 0. The smallest absolute Gasteiger partial charge is 0.282 e. The summed E-state index contributed by atoms with van der Waals surface area (Å²) in [6, 6.07) is 0. The molecule has 0 N–H and O–H groups in total. The SMILES string of the molecule is C=C(F)C(=O)N1CC2(CC(C(C)C)C2)C1. The van der Waals surface area contributed by atoms with Gasteiger partial charge in [0.15, 0.2) is 5.83 Å². The normalized spacial score (nSPS) is 23.9. The molecule has 0 aromatic carbocycles. The van der Waals surface area contributed by atoms with E-state index in [1.54, 1.807) is 4.90 Å². The van der Waals surface area contributed by atoms with Crippen molar-refractivity contribution in [1.29, 1.82) is 0 Å². The Morgan fingerprint density at radius 1 is 1.47 bits per heavy atom. The summed E-state index contributed by atoms with van der Waals surface area (Å²) >= 11 is 0.